The van der Waals surface area contributed by atoms with Gasteiger partial charge in [-0.15, -0.1) is 16.4 Å². The standard InChI is InChI=1S/C23H13FN4O2S2/c24-14-9-7-13(8-10-14)12-27-16-5-2-1-4-15(16)18(21(27)29)19-22(30)28-23(32-19)25-20(26-28)17-6-3-11-31-17/h1-11H,12H2/b19-18-. The van der Waals surface area contributed by atoms with Crippen LogP contribution in [-0.4, -0.2) is 20.5 Å². The number of carbonyl (C=O) groups is 1. The van der Waals surface area contributed by atoms with Crippen LogP contribution in [0.5, 0.6) is 0 Å². The number of para-hydroxylation sites is 1. The number of fused-ring (bicyclic) bond motifs is 2. The van der Waals surface area contributed by atoms with Gasteiger partial charge in [0, 0.05) is 5.56 Å². The van der Waals surface area contributed by atoms with Crippen LogP contribution in [0.25, 0.3) is 21.2 Å². The number of halogens is 1. The fraction of sp³-hybridized carbons (Fsp3) is 0.0435. The molecule has 9 heteroatoms. The molecule has 32 heavy (non-hydrogen) atoms. The molecule has 0 fully saturated rings. The van der Waals surface area contributed by atoms with Crippen molar-refractivity contribution in [2.75, 3.05) is 4.90 Å². The molecule has 0 atom stereocenters. The van der Waals surface area contributed by atoms with E-state index in [1.54, 1.807) is 17.0 Å². The summed E-state index contributed by atoms with van der Waals surface area (Å²) in [4.78, 5) is 34.1. The molecule has 5 aromatic rings. The number of rotatable bonds is 3. The first kappa shape index (κ1) is 19.0. The van der Waals surface area contributed by atoms with E-state index in [0.29, 0.717) is 26.5 Å². The van der Waals surface area contributed by atoms with Crippen molar-refractivity contribution in [3.8, 4) is 10.7 Å². The lowest BCUT2D eigenvalue weighted by Gasteiger charge is -2.17. The molecule has 6 rings (SSSR count). The highest BCUT2D eigenvalue weighted by molar-refractivity contribution is 7.15. The van der Waals surface area contributed by atoms with E-state index >= 15 is 0 Å². The second-order valence-electron chi connectivity index (χ2n) is 7.25. The molecule has 0 saturated heterocycles. The molecule has 1 amide bonds. The molecule has 0 saturated carbocycles. The molecule has 4 heterocycles. The molecule has 6 nitrogen and oxygen atoms in total. The van der Waals surface area contributed by atoms with Gasteiger partial charge in [0.2, 0.25) is 4.96 Å². The summed E-state index contributed by atoms with van der Waals surface area (Å²) in [5.41, 5.74) is 2.19. The second-order valence-corrected chi connectivity index (χ2v) is 9.18. The normalized spacial score (nSPS) is 15.0. The van der Waals surface area contributed by atoms with Crippen LogP contribution in [0.2, 0.25) is 0 Å². The van der Waals surface area contributed by atoms with Crippen LogP contribution in [0.15, 0.2) is 70.8 Å². The van der Waals surface area contributed by atoms with E-state index in [1.807, 2.05) is 41.8 Å². The number of hydrogen-bond acceptors (Lipinski definition) is 6. The Morgan fingerprint density at radius 2 is 1.78 bits per heavy atom. The second kappa shape index (κ2) is 7.18. The van der Waals surface area contributed by atoms with E-state index in [9.17, 15) is 14.0 Å². The number of benzene rings is 2. The minimum atomic E-state index is -0.359. The van der Waals surface area contributed by atoms with Gasteiger partial charge in [0.15, 0.2) is 5.82 Å². The van der Waals surface area contributed by atoms with Gasteiger partial charge in [-0.05, 0) is 35.2 Å². The van der Waals surface area contributed by atoms with Crippen molar-refractivity contribution in [3.05, 3.63) is 97.9 Å². The highest BCUT2D eigenvalue weighted by Gasteiger charge is 2.34. The van der Waals surface area contributed by atoms with Crippen molar-refractivity contribution in [2.45, 2.75) is 6.54 Å². The van der Waals surface area contributed by atoms with Gasteiger partial charge in [0.05, 0.1) is 22.7 Å². The van der Waals surface area contributed by atoms with E-state index in [-0.39, 0.29) is 23.8 Å². The van der Waals surface area contributed by atoms with Crippen molar-refractivity contribution in [3.63, 3.8) is 0 Å². The molecule has 1 aliphatic rings. The Morgan fingerprint density at radius 3 is 2.53 bits per heavy atom. The summed E-state index contributed by atoms with van der Waals surface area (Å²) in [5.74, 6) is -0.104. The lowest BCUT2D eigenvalue weighted by atomic mass is 10.1. The first-order valence-corrected chi connectivity index (χ1v) is 11.4. The third kappa shape index (κ3) is 2.89. The summed E-state index contributed by atoms with van der Waals surface area (Å²) < 4.78 is 14.9. The highest BCUT2D eigenvalue weighted by atomic mass is 32.1. The summed E-state index contributed by atoms with van der Waals surface area (Å²) in [7, 11) is 0. The van der Waals surface area contributed by atoms with Crippen LogP contribution in [-0.2, 0) is 11.3 Å². The lowest BCUT2D eigenvalue weighted by molar-refractivity contribution is -0.113. The Labute approximate surface area is 188 Å². The summed E-state index contributed by atoms with van der Waals surface area (Å²) in [5, 5.41) is 6.29. The number of aromatic nitrogens is 3. The predicted octanol–water partition coefficient (Wildman–Crippen LogP) is 3.48. The van der Waals surface area contributed by atoms with E-state index in [2.05, 4.69) is 10.1 Å². The minimum Gasteiger partial charge on any atom is -0.303 e. The minimum absolute atomic E-state index is 0.268. The maximum absolute atomic E-state index is 13.5. The largest absolute Gasteiger partial charge is 0.303 e. The zero-order chi connectivity index (χ0) is 21.8. The summed E-state index contributed by atoms with van der Waals surface area (Å²) in [6, 6.07) is 17.2. The van der Waals surface area contributed by atoms with Gasteiger partial charge in [-0.2, -0.15) is 9.50 Å². The SMILES string of the molecule is O=C1/C(=c2\sc3nc(-c4cccs4)nn3c2=O)c2ccccc2N1Cc1ccc(F)cc1. The number of hydrogen-bond donors (Lipinski definition) is 0. The van der Waals surface area contributed by atoms with Gasteiger partial charge in [-0.25, -0.2) is 4.39 Å². The van der Waals surface area contributed by atoms with E-state index in [0.717, 1.165) is 27.5 Å². The number of thiazole rings is 1. The summed E-state index contributed by atoms with van der Waals surface area (Å²) in [6.07, 6.45) is 0. The zero-order valence-electron chi connectivity index (χ0n) is 16.4. The van der Waals surface area contributed by atoms with Crippen LogP contribution < -0.4 is 15.0 Å². The van der Waals surface area contributed by atoms with Gasteiger partial charge in [-0.1, -0.05) is 47.7 Å². The van der Waals surface area contributed by atoms with Crippen LogP contribution in [0, 0.1) is 5.82 Å². The fourth-order valence-electron chi connectivity index (χ4n) is 3.82. The van der Waals surface area contributed by atoms with Crippen molar-refractivity contribution in [1.29, 1.82) is 0 Å². The molecular weight excluding hydrogens is 447 g/mol. The maximum Gasteiger partial charge on any atom is 0.291 e. The number of carbonyl (C=O) groups excluding carboxylic acids is 1. The molecule has 2 aromatic carbocycles. The molecule has 0 radical (unpaired) electrons. The zero-order valence-corrected chi connectivity index (χ0v) is 18.0. The van der Waals surface area contributed by atoms with Crippen molar-refractivity contribution < 1.29 is 9.18 Å². The molecule has 3 aromatic heterocycles. The van der Waals surface area contributed by atoms with Crippen LogP contribution in [0.4, 0.5) is 10.1 Å². The highest BCUT2D eigenvalue weighted by Crippen LogP contribution is 2.36. The van der Waals surface area contributed by atoms with Crippen LogP contribution in [0.3, 0.4) is 0 Å². The van der Waals surface area contributed by atoms with Gasteiger partial charge < -0.3 is 4.90 Å². The molecule has 156 valence electrons. The Kier molecular flexibility index (Phi) is 4.27. The molecule has 0 unspecified atom stereocenters. The quantitative estimate of drug-likeness (QED) is 0.414. The molecule has 0 bridgehead atoms. The van der Waals surface area contributed by atoms with Gasteiger partial charge in [-0.3, -0.25) is 9.59 Å². The molecule has 0 spiro atoms. The summed E-state index contributed by atoms with van der Waals surface area (Å²) in [6.45, 7) is 0.275. The monoisotopic (exact) mass is 460 g/mol. The smallest absolute Gasteiger partial charge is 0.291 e. The first-order chi connectivity index (χ1) is 15.6. The lowest BCUT2D eigenvalue weighted by Crippen LogP contribution is -2.32. The number of thiophene rings is 1. The van der Waals surface area contributed by atoms with Crippen molar-refractivity contribution in [2.24, 2.45) is 0 Å². The third-order valence-corrected chi connectivity index (χ3v) is 7.20. The number of anilines is 1. The van der Waals surface area contributed by atoms with Crippen LogP contribution in [0.1, 0.15) is 11.1 Å². The molecule has 1 aliphatic heterocycles. The molecule has 0 aliphatic carbocycles. The molecule has 0 N–H and O–H groups in total. The van der Waals surface area contributed by atoms with E-state index in [4.69, 9.17) is 0 Å². The Bertz CT molecular complexity index is 1600. The predicted molar refractivity (Wildman–Crippen MR) is 122 cm³/mol. The Hall–Kier alpha value is -3.69. The number of amides is 1. The van der Waals surface area contributed by atoms with E-state index in [1.165, 1.54) is 28.0 Å². The van der Waals surface area contributed by atoms with Gasteiger partial charge in [0.1, 0.15) is 10.3 Å². The first-order valence-electron chi connectivity index (χ1n) is 9.73. The average molecular weight is 461 g/mol. The Balaban J connectivity index is 1.50. The third-order valence-electron chi connectivity index (χ3n) is 5.30. The fourth-order valence-corrected chi connectivity index (χ4v) is 5.47. The number of nitrogens with zero attached hydrogens (tertiary/aromatic N) is 4. The maximum atomic E-state index is 13.5. The van der Waals surface area contributed by atoms with Gasteiger partial charge in [0.25, 0.3) is 11.5 Å². The molecular formula is C23H13FN4O2S2. The van der Waals surface area contributed by atoms with Crippen LogP contribution >= 0.6 is 22.7 Å². The Morgan fingerprint density at radius 1 is 0.969 bits per heavy atom. The van der Waals surface area contributed by atoms with Crippen molar-refractivity contribution in [1.82, 2.24) is 14.6 Å². The van der Waals surface area contributed by atoms with Gasteiger partial charge >= 0.3 is 0 Å². The average Bonchev–Trinajstić information content (AvgIpc) is 3.56. The topological polar surface area (TPSA) is 67.6 Å². The summed E-state index contributed by atoms with van der Waals surface area (Å²) >= 11 is 2.66. The van der Waals surface area contributed by atoms with Crippen molar-refractivity contribution >= 4 is 44.8 Å². The van der Waals surface area contributed by atoms with E-state index < -0.39 is 0 Å².